The SMILES string of the molecule is Oc1cccc(-c2c(F)c(F)c(F)c(F)c2F)c1. The standard InChI is InChI=1S/C12H5F5O/c13-8-7(5-2-1-3-6(18)4-5)9(14)11(16)12(17)10(8)15/h1-4,18H. The van der Waals surface area contributed by atoms with Crippen LogP contribution in [-0.4, -0.2) is 5.11 Å². The molecule has 2 aromatic carbocycles. The van der Waals surface area contributed by atoms with Crippen molar-refractivity contribution in [2.24, 2.45) is 0 Å². The molecule has 0 heterocycles. The highest BCUT2D eigenvalue weighted by molar-refractivity contribution is 5.66. The maximum Gasteiger partial charge on any atom is 0.200 e. The van der Waals surface area contributed by atoms with Crippen LogP contribution in [0.3, 0.4) is 0 Å². The van der Waals surface area contributed by atoms with Gasteiger partial charge in [-0.25, -0.2) is 22.0 Å². The highest BCUT2D eigenvalue weighted by Crippen LogP contribution is 2.32. The van der Waals surface area contributed by atoms with Gasteiger partial charge in [-0.1, -0.05) is 12.1 Å². The number of aromatic hydroxyl groups is 1. The zero-order valence-corrected chi connectivity index (χ0v) is 8.65. The molecule has 0 fully saturated rings. The van der Waals surface area contributed by atoms with E-state index in [1.807, 2.05) is 0 Å². The summed E-state index contributed by atoms with van der Waals surface area (Å²) in [7, 11) is 0. The molecule has 2 aromatic rings. The number of benzene rings is 2. The molecule has 2 rings (SSSR count). The third kappa shape index (κ3) is 1.79. The first-order valence-electron chi connectivity index (χ1n) is 4.74. The minimum atomic E-state index is -2.21. The van der Waals surface area contributed by atoms with Gasteiger partial charge in [0.2, 0.25) is 5.82 Å². The second kappa shape index (κ2) is 4.29. The Morgan fingerprint density at radius 1 is 0.722 bits per heavy atom. The quantitative estimate of drug-likeness (QED) is 0.470. The monoisotopic (exact) mass is 260 g/mol. The summed E-state index contributed by atoms with van der Waals surface area (Å²) >= 11 is 0. The lowest BCUT2D eigenvalue weighted by molar-refractivity contribution is 0.381. The van der Waals surface area contributed by atoms with E-state index in [9.17, 15) is 22.0 Å². The molecule has 0 saturated carbocycles. The molecule has 0 atom stereocenters. The van der Waals surface area contributed by atoms with Crippen LogP contribution < -0.4 is 0 Å². The Kier molecular flexibility index (Phi) is 2.94. The molecular formula is C12H5F5O. The predicted octanol–water partition coefficient (Wildman–Crippen LogP) is 3.75. The molecule has 94 valence electrons. The zero-order chi connectivity index (χ0) is 13.4. The van der Waals surface area contributed by atoms with Crippen LogP contribution >= 0.6 is 0 Å². The van der Waals surface area contributed by atoms with E-state index in [2.05, 4.69) is 0 Å². The molecule has 0 aliphatic rings. The van der Waals surface area contributed by atoms with E-state index >= 15 is 0 Å². The molecule has 1 nitrogen and oxygen atoms in total. The highest BCUT2D eigenvalue weighted by Gasteiger charge is 2.26. The lowest BCUT2D eigenvalue weighted by Gasteiger charge is -2.08. The molecule has 1 N–H and O–H groups in total. The molecule has 0 bridgehead atoms. The Labute approximate surface area is 98.1 Å². The molecule has 0 radical (unpaired) electrons. The number of phenolic OH excluding ortho intramolecular Hbond substituents is 1. The third-order valence-corrected chi connectivity index (χ3v) is 2.34. The number of phenols is 1. The van der Waals surface area contributed by atoms with Gasteiger partial charge in [0.25, 0.3) is 0 Å². The van der Waals surface area contributed by atoms with Gasteiger partial charge in [0, 0.05) is 0 Å². The predicted molar refractivity (Wildman–Crippen MR) is 53.3 cm³/mol. The Hall–Kier alpha value is -2.11. The van der Waals surface area contributed by atoms with Crippen molar-refractivity contribution in [2.75, 3.05) is 0 Å². The Bertz CT molecular complexity index is 595. The molecule has 0 aromatic heterocycles. The van der Waals surface area contributed by atoms with E-state index in [0.29, 0.717) is 0 Å². The highest BCUT2D eigenvalue weighted by atomic mass is 19.2. The van der Waals surface area contributed by atoms with Crippen molar-refractivity contribution in [2.45, 2.75) is 0 Å². The Balaban J connectivity index is 2.80. The lowest BCUT2D eigenvalue weighted by atomic mass is 10.0. The van der Waals surface area contributed by atoms with Crippen LogP contribution in [0.2, 0.25) is 0 Å². The van der Waals surface area contributed by atoms with E-state index in [-0.39, 0.29) is 11.3 Å². The van der Waals surface area contributed by atoms with Gasteiger partial charge in [-0.05, 0) is 17.7 Å². The molecule has 0 aliphatic heterocycles. The second-order valence-electron chi connectivity index (χ2n) is 3.50. The first-order chi connectivity index (χ1) is 8.43. The van der Waals surface area contributed by atoms with Crippen molar-refractivity contribution < 1.29 is 27.1 Å². The Morgan fingerprint density at radius 3 is 1.72 bits per heavy atom. The van der Waals surface area contributed by atoms with Gasteiger partial charge >= 0.3 is 0 Å². The summed E-state index contributed by atoms with van der Waals surface area (Å²) in [5, 5.41) is 9.14. The average Bonchev–Trinajstić information content (AvgIpc) is 2.34. The van der Waals surface area contributed by atoms with Crippen molar-refractivity contribution in [1.82, 2.24) is 0 Å². The zero-order valence-electron chi connectivity index (χ0n) is 8.65. The molecular weight excluding hydrogens is 255 g/mol. The topological polar surface area (TPSA) is 20.2 Å². The number of hydrogen-bond donors (Lipinski definition) is 1. The summed E-state index contributed by atoms with van der Waals surface area (Å²) in [6, 6.07) is 4.45. The average molecular weight is 260 g/mol. The second-order valence-corrected chi connectivity index (χ2v) is 3.50. The summed E-state index contributed by atoms with van der Waals surface area (Å²) in [5.74, 6) is -10.5. The van der Waals surface area contributed by atoms with Crippen LogP contribution in [0.4, 0.5) is 22.0 Å². The minimum Gasteiger partial charge on any atom is -0.508 e. The van der Waals surface area contributed by atoms with Crippen LogP contribution in [0.1, 0.15) is 0 Å². The fourth-order valence-electron chi connectivity index (χ4n) is 1.52. The van der Waals surface area contributed by atoms with Crippen LogP contribution in [0.5, 0.6) is 5.75 Å². The number of halogens is 5. The van der Waals surface area contributed by atoms with Gasteiger partial charge in [0.1, 0.15) is 5.75 Å². The maximum atomic E-state index is 13.4. The van der Waals surface area contributed by atoms with Crippen LogP contribution in [0.15, 0.2) is 24.3 Å². The summed E-state index contributed by atoms with van der Waals surface area (Å²) < 4.78 is 65.6. The largest absolute Gasteiger partial charge is 0.508 e. The first-order valence-corrected chi connectivity index (χ1v) is 4.74. The summed E-state index contributed by atoms with van der Waals surface area (Å²) in [6.07, 6.45) is 0. The smallest absolute Gasteiger partial charge is 0.200 e. The lowest BCUT2D eigenvalue weighted by Crippen LogP contribution is -2.03. The van der Waals surface area contributed by atoms with E-state index in [4.69, 9.17) is 5.11 Å². The van der Waals surface area contributed by atoms with Gasteiger partial charge in [0.15, 0.2) is 23.3 Å². The number of rotatable bonds is 1. The fraction of sp³-hybridized carbons (Fsp3) is 0. The first kappa shape index (κ1) is 12.3. The maximum absolute atomic E-state index is 13.4. The third-order valence-electron chi connectivity index (χ3n) is 2.34. The van der Waals surface area contributed by atoms with Gasteiger partial charge in [0.05, 0.1) is 5.56 Å². The molecule has 6 heteroatoms. The molecule has 0 unspecified atom stereocenters. The van der Waals surface area contributed by atoms with Crippen LogP contribution in [-0.2, 0) is 0 Å². The van der Waals surface area contributed by atoms with Crippen LogP contribution in [0.25, 0.3) is 11.1 Å². The van der Waals surface area contributed by atoms with Crippen molar-refractivity contribution in [1.29, 1.82) is 0 Å². The fourth-order valence-corrected chi connectivity index (χ4v) is 1.52. The number of hydrogen-bond acceptors (Lipinski definition) is 1. The normalized spacial score (nSPS) is 10.7. The summed E-state index contributed by atoms with van der Waals surface area (Å²) in [5.41, 5.74) is -1.37. The van der Waals surface area contributed by atoms with Crippen molar-refractivity contribution in [3.8, 4) is 16.9 Å². The Morgan fingerprint density at radius 2 is 1.22 bits per heavy atom. The molecule has 0 saturated heterocycles. The molecule has 18 heavy (non-hydrogen) atoms. The van der Waals surface area contributed by atoms with Gasteiger partial charge in [-0.3, -0.25) is 0 Å². The van der Waals surface area contributed by atoms with Crippen molar-refractivity contribution in [3.05, 3.63) is 53.4 Å². The summed E-state index contributed by atoms with van der Waals surface area (Å²) in [6.45, 7) is 0. The van der Waals surface area contributed by atoms with Gasteiger partial charge in [-0.2, -0.15) is 0 Å². The van der Waals surface area contributed by atoms with E-state index in [0.717, 1.165) is 12.1 Å². The molecule has 0 aliphatic carbocycles. The molecule has 0 spiro atoms. The van der Waals surface area contributed by atoms with E-state index < -0.39 is 34.6 Å². The van der Waals surface area contributed by atoms with Crippen molar-refractivity contribution in [3.63, 3.8) is 0 Å². The van der Waals surface area contributed by atoms with Gasteiger partial charge < -0.3 is 5.11 Å². The van der Waals surface area contributed by atoms with E-state index in [1.54, 1.807) is 0 Å². The molecule has 0 amide bonds. The van der Waals surface area contributed by atoms with Crippen LogP contribution in [0, 0.1) is 29.1 Å². The minimum absolute atomic E-state index is 0.303. The van der Waals surface area contributed by atoms with Gasteiger partial charge in [-0.15, -0.1) is 0 Å². The summed E-state index contributed by atoms with van der Waals surface area (Å²) in [4.78, 5) is 0. The van der Waals surface area contributed by atoms with Crippen molar-refractivity contribution >= 4 is 0 Å². The van der Waals surface area contributed by atoms with E-state index in [1.165, 1.54) is 12.1 Å².